The van der Waals surface area contributed by atoms with Gasteiger partial charge in [-0.1, -0.05) is 271 Å². The van der Waals surface area contributed by atoms with Crippen molar-refractivity contribution < 1.29 is 24.2 Å². The highest BCUT2D eigenvalue weighted by Gasteiger charge is 2.16. The molecule has 0 saturated carbocycles. The first-order valence-electron chi connectivity index (χ1n) is 25.6. The molecule has 56 heavy (non-hydrogen) atoms. The summed E-state index contributed by atoms with van der Waals surface area (Å²) in [5, 5.41) is 9.52. The van der Waals surface area contributed by atoms with E-state index in [-0.39, 0.29) is 25.2 Å². The number of ether oxygens (including phenoxy) is 2. The number of hydrogen-bond acceptors (Lipinski definition) is 5. The lowest BCUT2D eigenvalue weighted by Gasteiger charge is -2.15. The molecule has 0 aliphatic rings. The van der Waals surface area contributed by atoms with Crippen LogP contribution in [0.15, 0.2) is 0 Å². The van der Waals surface area contributed by atoms with E-state index in [1.165, 1.54) is 231 Å². The molecule has 0 bridgehead atoms. The normalized spacial score (nSPS) is 12.0. The molecule has 0 aromatic carbocycles. The van der Waals surface area contributed by atoms with E-state index in [1.54, 1.807) is 0 Å². The van der Waals surface area contributed by atoms with Crippen LogP contribution in [0.3, 0.4) is 0 Å². The van der Waals surface area contributed by atoms with Crippen molar-refractivity contribution in [3.8, 4) is 0 Å². The Morgan fingerprint density at radius 1 is 0.339 bits per heavy atom. The second kappa shape index (κ2) is 48.3. The van der Waals surface area contributed by atoms with Gasteiger partial charge in [-0.15, -0.1) is 0 Å². The molecule has 0 aliphatic heterocycles. The maximum Gasteiger partial charge on any atom is 0.306 e. The monoisotopic (exact) mass is 793 g/mol. The number of aliphatic hydroxyl groups is 1. The van der Waals surface area contributed by atoms with E-state index in [1.807, 2.05) is 0 Å². The molecule has 1 N–H and O–H groups in total. The summed E-state index contributed by atoms with van der Waals surface area (Å²) >= 11 is 0. The maximum absolute atomic E-state index is 12.2. The van der Waals surface area contributed by atoms with Gasteiger partial charge >= 0.3 is 11.9 Å². The van der Waals surface area contributed by atoms with Crippen molar-refractivity contribution in [1.82, 2.24) is 0 Å². The van der Waals surface area contributed by atoms with E-state index in [4.69, 9.17) is 9.47 Å². The fourth-order valence-corrected chi connectivity index (χ4v) is 8.03. The molecule has 1 atom stereocenters. The van der Waals surface area contributed by atoms with E-state index < -0.39 is 6.10 Å². The molecular weight excluding hydrogens is 693 g/mol. The molecule has 0 aliphatic carbocycles. The van der Waals surface area contributed by atoms with Gasteiger partial charge in [0.15, 0.2) is 6.10 Å². The second-order valence-electron chi connectivity index (χ2n) is 17.6. The summed E-state index contributed by atoms with van der Waals surface area (Å²) in [6.45, 7) is 4.11. The minimum absolute atomic E-state index is 0.0589. The molecule has 1 unspecified atom stereocenters. The summed E-state index contributed by atoms with van der Waals surface area (Å²) < 4.78 is 10.5. The van der Waals surface area contributed by atoms with Crippen LogP contribution in [0.2, 0.25) is 0 Å². The van der Waals surface area contributed by atoms with Gasteiger partial charge in [0.2, 0.25) is 0 Å². The number of aliphatic hydroxyl groups excluding tert-OH is 1. The summed E-state index contributed by atoms with van der Waals surface area (Å²) in [4.78, 5) is 24.1. The molecule has 334 valence electrons. The minimum atomic E-state index is -0.760. The largest absolute Gasteiger partial charge is 0.462 e. The first kappa shape index (κ1) is 54.9. The molecule has 0 aromatic rings. The van der Waals surface area contributed by atoms with E-state index in [2.05, 4.69) is 13.8 Å². The van der Waals surface area contributed by atoms with Gasteiger partial charge < -0.3 is 14.6 Å². The molecule has 0 fully saturated rings. The number of carbonyl (C=O) groups excluding carboxylic acids is 2. The lowest BCUT2D eigenvalue weighted by Crippen LogP contribution is -2.28. The molecule has 5 nitrogen and oxygen atoms in total. The summed E-state index contributed by atoms with van der Waals surface area (Å²) in [6, 6.07) is 0. The van der Waals surface area contributed by atoms with Gasteiger partial charge in [-0.25, -0.2) is 0 Å². The molecular formula is C51H100O5. The van der Waals surface area contributed by atoms with Gasteiger partial charge in [-0.05, 0) is 12.8 Å². The van der Waals surface area contributed by atoms with Crippen molar-refractivity contribution in [3.63, 3.8) is 0 Å². The van der Waals surface area contributed by atoms with Crippen LogP contribution in [-0.2, 0) is 19.1 Å². The van der Waals surface area contributed by atoms with Crippen molar-refractivity contribution in [2.75, 3.05) is 13.2 Å². The van der Waals surface area contributed by atoms with Crippen LogP contribution < -0.4 is 0 Å². The fourth-order valence-electron chi connectivity index (χ4n) is 8.03. The average Bonchev–Trinajstić information content (AvgIpc) is 3.20. The van der Waals surface area contributed by atoms with E-state index >= 15 is 0 Å². The van der Waals surface area contributed by atoms with Crippen LogP contribution in [-0.4, -0.2) is 36.4 Å². The third-order valence-electron chi connectivity index (χ3n) is 11.9. The molecule has 0 aromatic heterocycles. The fraction of sp³-hybridized carbons (Fsp3) is 0.961. The van der Waals surface area contributed by atoms with Crippen LogP contribution in [0.25, 0.3) is 0 Å². The summed E-state index contributed by atoms with van der Waals surface area (Å²) in [7, 11) is 0. The molecule has 5 heteroatoms. The van der Waals surface area contributed by atoms with Crippen molar-refractivity contribution in [2.45, 2.75) is 302 Å². The van der Waals surface area contributed by atoms with E-state index in [9.17, 15) is 14.7 Å². The highest BCUT2D eigenvalue weighted by atomic mass is 16.6. The van der Waals surface area contributed by atoms with Crippen LogP contribution >= 0.6 is 0 Å². The Labute approximate surface area is 350 Å². The molecule has 0 heterocycles. The summed E-state index contributed by atoms with van der Waals surface area (Å²) in [5.74, 6) is -0.584. The highest BCUT2D eigenvalue weighted by Crippen LogP contribution is 2.18. The number of hydrogen-bond donors (Lipinski definition) is 1. The maximum atomic E-state index is 12.2. The Hall–Kier alpha value is -1.10. The Kier molecular flexibility index (Phi) is 47.3. The van der Waals surface area contributed by atoms with Gasteiger partial charge in [-0.2, -0.15) is 0 Å². The number of esters is 2. The molecule has 0 spiro atoms. The summed E-state index contributed by atoms with van der Waals surface area (Å²) in [5.41, 5.74) is 0. The molecule has 0 amide bonds. The molecule has 0 radical (unpaired) electrons. The van der Waals surface area contributed by atoms with Gasteiger partial charge in [0.05, 0.1) is 6.61 Å². The zero-order chi connectivity index (χ0) is 40.7. The van der Waals surface area contributed by atoms with Crippen LogP contribution in [0.5, 0.6) is 0 Å². The predicted molar refractivity (Wildman–Crippen MR) is 242 cm³/mol. The van der Waals surface area contributed by atoms with E-state index in [0.717, 1.165) is 38.5 Å². The first-order chi connectivity index (χ1) is 27.6. The quantitative estimate of drug-likeness (QED) is 0.0491. The van der Waals surface area contributed by atoms with E-state index in [0.29, 0.717) is 12.8 Å². The van der Waals surface area contributed by atoms with Crippen molar-refractivity contribution >= 4 is 11.9 Å². The number of carbonyl (C=O) groups is 2. The van der Waals surface area contributed by atoms with Crippen LogP contribution in [0.1, 0.15) is 296 Å². The smallest absolute Gasteiger partial charge is 0.306 e. The van der Waals surface area contributed by atoms with Gasteiger partial charge in [0, 0.05) is 12.8 Å². The Bertz CT molecular complexity index is 769. The molecule has 0 saturated heterocycles. The summed E-state index contributed by atoms with van der Waals surface area (Å²) in [6.07, 6.45) is 57.0. The zero-order valence-electron chi connectivity index (χ0n) is 38.2. The standard InChI is InChI=1S/C51H100O5/c1-3-5-7-9-11-12-13-14-15-16-17-18-19-20-21-22-23-24-25-26-27-28-29-30-31-32-33-34-35-36-37-38-39-40-42-44-46-51(54)56-49(47-52)48-55-50(53)45-43-41-10-8-6-4-2/h49,52H,3-48H2,1-2H3. The third kappa shape index (κ3) is 45.6. The van der Waals surface area contributed by atoms with Gasteiger partial charge in [0.1, 0.15) is 6.61 Å². The van der Waals surface area contributed by atoms with Crippen LogP contribution in [0.4, 0.5) is 0 Å². The lowest BCUT2D eigenvalue weighted by molar-refractivity contribution is -0.161. The Morgan fingerprint density at radius 2 is 0.554 bits per heavy atom. The van der Waals surface area contributed by atoms with Gasteiger partial charge in [0.25, 0.3) is 0 Å². The van der Waals surface area contributed by atoms with Gasteiger partial charge in [-0.3, -0.25) is 9.59 Å². The third-order valence-corrected chi connectivity index (χ3v) is 11.9. The number of rotatable bonds is 48. The SMILES string of the molecule is CCCCCCCCCCCCCCCCCCCCCCCCCCCCCCCCCCCCCCC(=O)OC(CO)COC(=O)CCCCCCCC. The Morgan fingerprint density at radius 3 is 0.786 bits per heavy atom. The van der Waals surface area contributed by atoms with Crippen molar-refractivity contribution in [2.24, 2.45) is 0 Å². The second-order valence-corrected chi connectivity index (χ2v) is 17.6. The number of unbranched alkanes of at least 4 members (excludes halogenated alkanes) is 40. The minimum Gasteiger partial charge on any atom is -0.462 e. The highest BCUT2D eigenvalue weighted by molar-refractivity contribution is 5.70. The predicted octanol–water partition coefficient (Wildman–Crippen LogP) is 16.6. The van der Waals surface area contributed by atoms with Crippen molar-refractivity contribution in [1.29, 1.82) is 0 Å². The lowest BCUT2D eigenvalue weighted by atomic mass is 10.0. The molecule has 0 rings (SSSR count). The average molecular weight is 793 g/mol. The first-order valence-corrected chi connectivity index (χ1v) is 25.6. The zero-order valence-corrected chi connectivity index (χ0v) is 38.2. The topological polar surface area (TPSA) is 72.8 Å². The Balaban J connectivity index is 3.27. The van der Waals surface area contributed by atoms with Crippen LogP contribution in [0, 0.1) is 0 Å². The van der Waals surface area contributed by atoms with Crippen molar-refractivity contribution in [3.05, 3.63) is 0 Å².